The molecule has 1 atom stereocenters. The number of H-pyrrole nitrogens is 1. The largest absolute Gasteiger partial charge is 0.379 e. The molecule has 3 heterocycles. The van der Waals surface area contributed by atoms with E-state index < -0.39 is 0 Å². The Balaban J connectivity index is 1.53. The fourth-order valence-electron chi connectivity index (χ4n) is 4.77. The van der Waals surface area contributed by atoms with Crippen molar-refractivity contribution in [2.45, 2.75) is 64.5 Å². The van der Waals surface area contributed by atoms with Crippen molar-refractivity contribution in [2.75, 3.05) is 32.8 Å². The standard InChI is InChI=1S/C21H32N4O2S/c1-14-16(3)28-20-17(14)19(26)23-18(24-20)15(2)22-13-21(7-5-4-6-8-21)25-9-11-27-12-10-25/h15,22H,4-13H2,1-3H3,(H,23,24,26)/t15-/m1/s1. The molecule has 0 spiro atoms. The lowest BCUT2D eigenvalue weighted by molar-refractivity contribution is -0.0376. The van der Waals surface area contributed by atoms with E-state index in [1.807, 2.05) is 6.92 Å². The Kier molecular flexibility index (Phi) is 5.88. The lowest BCUT2D eigenvalue weighted by Gasteiger charge is -2.48. The highest BCUT2D eigenvalue weighted by Crippen LogP contribution is 2.34. The highest BCUT2D eigenvalue weighted by atomic mass is 32.1. The van der Waals surface area contributed by atoms with Crippen LogP contribution in [0, 0.1) is 13.8 Å². The summed E-state index contributed by atoms with van der Waals surface area (Å²) in [6.07, 6.45) is 6.40. The molecule has 1 saturated carbocycles. The second-order valence-corrected chi connectivity index (χ2v) is 9.60. The van der Waals surface area contributed by atoms with Gasteiger partial charge in [0.2, 0.25) is 0 Å². The number of aromatic nitrogens is 2. The second-order valence-electron chi connectivity index (χ2n) is 8.40. The molecule has 0 unspecified atom stereocenters. The van der Waals surface area contributed by atoms with E-state index in [0.717, 1.165) is 54.5 Å². The Bertz CT molecular complexity index is 878. The molecule has 28 heavy (non-hydrogen) atoms. The number of nitrogens with zero attached hydrogens (tertiary/aromatic N) is 2. The molecule has 0 aromatic carbocycles. The van der Waals surface area contributed by atoms with Crippen LogP contribution in [0.2, 0.25) is 0 Å². The minimum atomic E-state index is -0.0175. The van der Waals surface area contributed by atoms with Gasteiger partial charge in [-0.05, 0) is 39.2 Å². The van der Waals surface area contributed by atoms with Crippen molar-refractivity contribution in [1.82, 2.24) is 20.2 Å². The molecule has 2 fully saturated rings. The lowest BCUT2D eigenvalue weighted by Crippen LogP contribution is -2.59. The minimum Gasteiger partial charge on any atom is -0.379 e. The average molecular weight is 405 g/mol. The van der Waals surface area contributed by atoms with Crippen LogP contribution in [-0.4, -0.2) is 53.3 Å². The maximum Gasteiger partial charge on any atom is 0.259 e. The third kappa shape index (κ3) is 3.77. The molecule has 2 N–H and O–H groups in total. The topological polar surface area (TPSA) is 70.2 Å². The summed E-state index contributed by atoms with van der Waals surface area (Å²) in [6, 6.07) is 0.0136. The quantitative estimate of drug-likeness (QED) is 0.800. The predicted molar refractivity (Wildman–Crippen MR) is 114 cm³/mol. The van der Waals surface area contributed by atoms with Gasteiger partial charge in [0.25, 0.3) is 5.56 Å². The molecule has 2 aliphatic rings. The fraction of sp³-hybridized carbons (Fsp3) is 0.714. The van der Waals surface area contributed by atoms with Crippen LogP contribution in [0.15, 0.2) is 4.79 Å². The van der Waals surface area contributed by atoms with Crippen LogP contribution >= 0.6 is 11.3 Å². The van der Waals surface area contributed by atoms with Crippen LogP contribution < -0.4 is 10.9 Å². The molecular weight excluding hydrogens is 372 g/mol. The number of aromatic amines is 1. The van der Waals surface area contributed by atoms with E-state index in [2.05, 4.69) is 29.0 Å². The van der Waals surface area contributed by atoms with E-state index in [9.17, 15) is 4.79 Å². The first-order valence-electron chi connectivity index (χ1n) is 10.6. The molecule has 7 heteroatoms. The fourth-order valence-corrected chi connectivity index (χ4v) is 5.81. The summed E-state index contributed by atoms with van der Waals surface area (Å²) in [5, 5.41) is 4.46. The Labute approximate surface area is 170 Å². The summed E-state index contributed by atoms with van der Waals surface area (Å²) in [5.74, 6) is 0.742. The summed E-state index contributed by atoms with van der Waals surface area (Å²) < 4.78 is 5.59. The summed E-state index contributed by atoms with van der Waals surface area (Å²) in [4.78, 5) is 25.1. The minimum absolute atomic E-state index is 0.0136. The zero-order valence-corrected chi connectivity index (χ0v) is 18.1. The first-order valence-corrected chi connectivity index (χ1v) is 11.4. The molecule has 1 aliphatic heterocycles. The SMILES string of the molecule is Cc1sc2nc([C@@H](C)NCC3(N4CCOCC4)CCCCC3)[nH]c(=O)c2c1C. The smallest absolute Gasteiger partial charge is 0.259 e. The maximum absolute atomic E-state index is 12.6. The summed E-state index contributed by atoms with van der Waals surface area (Å²) in [7, 11) is 0. The first-order chi connectivity index (χ1) is 13.5. The Morgan fingerprint density at radius 3 is 2.68 bits per heavy atom. The molecule has 0 amide bonds. The summed E-state index contributed by atoms with van der Waals surface area (Å²) in [6.45, 7) is 10.8. The number of hydrogen-bond donors (Lipinski definition) is 2. The molecule has 4 rings (SSSR count). The van der Waals surface area contributed by atoms with E-state index in [1.165, 1.54) is 37.0 Å². The van der Waals surface area contributed by atoms with Gasteiger partial charge < -0.3 is 15.0 Å². The van der Waals surface area contributed by atoms with E-state index in [-0.39, 0.29) is 17.1 Å². The molecule has 2 aromatic heterocycles. The van der Waals surface area contributed by atoms with Crippen LogP contribution in [0.4, 0.5) is 0 Å². The van der Waals surface area contributed by atoms with Crippen molar-refractivity contribution < 1.29 is 4.74 Å². The Morgan fingerprint density at radius 2 is 1.96 bits per heavy atom. The van der Waals surface area contributed by atoms with Gasteiger partial charge in [-0.3, -0.25) is 9.69 Å². The van der Waals surface area contributed by atoms with Gasteiger partial charge in [0.05, 0.1) is 24.6 Å². The van der Waals surface area contributed by atoms with Gasteiger partial charge in [0.1, 0.15) is 10.7 Å². The zero-order chi connectivity index (χ0) is 19.7. The summed E-state index contributed by atoms with van der Waals surface area (Å²) >= 11 is 1.61. The number of aryl methyl sites for hydroxylation is 2. The average Bonchev–Trinajstić information content (AvgIpc) is 3.01. The van der Waals surface area contributed by atoms with Crippen molar-refractivity contribution in [2.24, 2.45) is 0 Å². The van der Waals surface area contributed by atoms with E-state index in [0.29, 0.717) is 0 Å². The third-order valence-corrected chi connectivity index (χ3v) is 7.77. The Hall–Kier alpha value is -1.28. The molecule has 6 nitrogen and oxygen atoms in total. The van der Waals surface area contributed by atoms with Crippen molar-refractivity contribution in [3.05, 3.63) is 26.6 Å². The number of morpholine rings is 1. The highest BCUT2D eigenvalue weighted by Gasteiger charge is 2.38. The van der Waals surface area contributed by atoms with Gasteiger partial charge in [-0.2, -0.15) is 0 Å². The first kappa shape index (κ1) is 20.0. The predicted octanol–water partition coefficient (Wildman–Crippen LogP) is 3.29. The van der Waals surface area contributed by atoms with Gasteiger partial charge in [-0.15, -0.1) is 11.3 Å². The number of hydrogen-bond acceptors (Lipinski definition) is 6. The number of rotatable bonds is 5. The van der Waals surface area contributed by atoms with Crippen molar-refractivity contribution in [1.29, 1.82) is 0 Å². The molecule has 1 aliphatic carbocycles. The molecular formula is C21H32N4O2S. The van der Waals surface area contributed by atoms with Gasteiger partial charge in [0.15, 0.2) is 0 Å². The normalized spacial score (nSPS) is 21.8. The Morgan fingerprint density at radius 1 is 1.25 bits per heavy atom. The van der Waals surface area contributed by atoms with Crippen LogP contribution in [0.3, 0.4) is 0 Å². The van der Waals surface area contributed by atoms with Crippen molar-refractivity contribution in [3.63, 3.8) is 0 Å². The molecule has 2 aromatic rings. The van der Waals surface area contributed by atoms with Gasteiger partial charge in [0, 0.05) is 30.1 Å². The second kappa shape index (κ2) is 8.22. The van der Waals surface area contributed by atoms with Crippen molar-refractivity contribution in [3.8, 4) is 0 Å². The maximum atomic E-state index is 12.6. The number of ether oxygens (including phenoxy) is 1. The third-order valence-electron chi connectivity index (χ3n) is 6.67. The van der Waals surface area contributed by atoms with Crippen LogP contribution in [0.25, 0.3) is 10.2 Å². The number of thiophene rings is 1. The van der Waals surface area contributed by atoms with Gasteiger partial charge in [-0.1, -0.05) is 19.3 Å². The van der Waals surface area contributed by atoms with Crippen LogP contribution in [-0.2, 0) is 4.74 Å². The molecule has 0 radical (unpaired) electrons. The van der Waals surface area contributed by atoms with Gasteiger partial charge in [-0.25, -0.2) is 4.98 Å². The number of nitrogens with one attached hydrogen (secondary N) is 2. The van der Waals surface area contributed by atoms with Crippen LogP contribution in [0.1, 0.15) is 61.3 Å². The summed E-state index contributed by atoms with van der Waals surface area (Å²) in [5.41, 5.74) is 1.24. The van der Waals surface area contributed by atoms with Crippen LogP contribution in [0.5, 0.6) is 0 Å². The monoisotopic (exact) mass is 404 g/mol. The molecule has 1 saturated heterocycles. The van der Waals surface area contributed by atoms with E-state index in [4.69, 9.17) is 9.72 Å². The van der Waals surface area contributed by atoms with Crippen molar-refractivity contribution >= 4 is 21.6 Å². The van der Waals surface area contributed by atoms with Gasteiger partial charge >= 0.3 is 0 Å². The molecule has 0 bridgehead atoms. The number of fused-ring (bicyclic) bond motifs is 1. The van der Waals surface area contributed by atoms with E-state index >= 15 is 0 Å². The van der Waals surface area contributed by atoms with E-state index in [1.54, 1.807) is 11.3 Å². The lowest BCUT2D eigenvalue weighted by atomic mass is 9.79. The molecule has 154 valence electrons. The highest BCUT2D eigenvalue weighted by molar-refractivity contribution is 7.18. The zero-order valence-electron chi connectivity index (χ0n) is 17.3.